The van der Waals surface area contributed by atoms with Crippen LogP contribution in [0.2, 0.25) is 0 Å². The van der Waals surface area contributed by atoms with E-state index in [1.807, 2.05) is 71.6 Å². The van der Waals surface area contributed by atoms with Crippen molar-refractivity contribution in [2.75, 3.05) is 38.4 Å². The minimum atomic E-state index is -0.858. The standard InChI is InChI=1S/C35H43N3O6/c1-3-4-17-38(27-12-7-9-24(18-27)20-36)33(39)22-37-21-28(26-15-16-31-32(19-26)44-23-43-31)34(35(40)41)29(37)13-8-11-25-10-5-6-14-30(25)42-2/h5-7,9-10,12,14-16,18-19,28-29,34H,3-4,8,11,13,17,20-23,36H2,1-2H3,(H,40,41)/t28-,29+,34-/m1/s1. The van der Waals surface area contributed by atoms with E-state index in [1.54, 1.807) is 7.11 Å². The molecule has 0 radical (unpaired) electrons. The number of carbonyl (C=O) groups excluding carboxylic acids is 1. The molecule has 5 rings (SSSR count). The van der Waals surface area contributed by atoms with Crippen molar-refractivity contribution in [1.29, 1.82) is 0 Å². The summed E-state index contributed by atoms with van der Waals surface area (Å²) in [6, 6.07) is 21.0. The monoisotopic (exact) mass is 601 g/mol. The summed E-state index contributed by atoms with van der Waals surface area (Å²) in [7, 11) is 1.66. The molecule has 1 fully saturated rings. The van der Waals surface area contributed by atoms with Crippen molar-refractivity contribution in [3.63, 3.8) is 0 Å². The molecule has 234 valence electrons. The van der Waals surface area contributed by atoms with Gasteiger partial charge in [-0.15, -0.1) is 0 Å². The Morgan fingerprint density at radius 3 is 2.64 bits per heavy atom. The van der Waals surface area contributed by atoms with E-state index in [0.29, 0.717) is 37.6 Å². The van der Waals surface area contributed by atoms with E-state index in [9.17, 15) is 14.7 Å². The molecule has 3 atom stereocenters. The van der Waals surface area contributed by atoms with Gasteiger partial charge in [0, 0.05) is 37.3 Å². The predicted octanol–water partition coefficient (Wildman–Crippen LogP) is 5.21. The number of unbranched alkanes of at least 4 members (excludes halogenated alkanes) is 1. The Morgan fingerprint density at radius 1 is 1.05 bits per heavy atom. The van der Waals surface area contributed by atoms with Gasteiger partial charge in [-0.25, -0.2) is 0 Å². The molecule has 0 bridgehead atoms. The second kappa shape index (κ2) is 14.6. The first-order valence-electron chi connectivity index (χ1n) is 15.5. The summed E-state index contributed by atoms with van der Waals surface area (Å²) in [6.07, 6.45) is 3.94. The number of carbonyl (C=O) groups is 2. The number of fused-ring (bicyclic) bond motifs is 1. The normalized spacial score (nSPS) is 19.2. The molecular weight excluding hydrogens is 558 g/mol. The van der Waals surface area contributed by atoms with Crippen molar-refractivity contribution in [2.45, 2.75) is 57.5 Å². The number of rotatable bonds is 14. The van der Waals surface area contributed by atoms with Gasteiger partial charge in [0.15, 0.2) is 11.5 Å². The zero-order valence-corrected chi connectivity index (χ0v) is 25.6. The fraction of sp³-hybridized carbons (Fsp3) is 0.429. The van der Waals surface area contributed by atoms with Gasteiger partial charge in [0.1, 0.15) is 5.75 Å². The second-order valence-corrected chi connectivity index (χ2v) is 11.6. The summed E-state index contributed by atoms with van der Waals surface area (Å²) < 4.78 is 16.7. The first-order chi connectivity index (χ1) is 21.4. The zero-order valence-electron chi connectivity index (χ0n) is 25.6. The minimum Gasteiger partial charge on any atom is -0.496 e. The number of hydrogen-bond donors (Lipinski definition) is 2. The maximum atomic E-state index is 14.1. The van der Waals surface area contributed by atoms with Crippen molar-refractivity contribution >= 4 is 17.6 Å². The minimum absolute atomic E-state index is 0.0437. The number of carboxylic acid groups (broad SMARTS) is 1. The van der Waals surface area contributed by atoms with Crippen LogP contribution in [0.25, 0.3) is 0 Å². The highest BCUT2D eigenvalue weighted by Gasteiger charge is 2.47. The number of para-hydroxylation sites is 1. The zero-order chi connectivity index (χ0) is 31.1. The largest absolute Gasteiger partial charge is 0.496 e. The molecule has 2 aliphatic rings. The molecule has 0 unspecified atom stereocenters. The van der Waals surface area contributed by atoms with Crippen LogP contribution in [0.1, 0.15) is 55.2 Å². The van der Waals surface area contributed by atoms with E-state index in [0.717, 1.165) is 53.8 Å². The van der Waals surface area contributed by atoms with E-state index in [4.69, 9.17) is 19.9 Å². The Morgan fingerprint density at radius 2 is 1.86 bits per heavy atom. The van der Waals surface area contributed by atoms with Gasteiger partial charge >= 0.3 is 5.97 Å². The predicted molar refractivity (Wildman–Crippen MR) is 169 cm³/mol. The molecule has 0 aromatic heterocycles. The number of methoxy groups -OCH3 is 1. The Kier molecular flexibility index (Phi) is 10.4. The highest BCUT2D eigenvalue weighted by molar-refractivity contribution is 5.95. The van der Waals surface area contributed by atoms with Gasteiger partial charge in [-0.1, -0.05) is 49.7 Å². The van der Waals surface area contributed by atoms with Crippen LogP contribution in [0, 0.1) is 5.92 Å². The van der Waals surface area contributed by atoms with Crippen molar-refractivity contribution in [3.8, 4) is 17.2 Å². The lowest BCUT2D eigenvalue weighted by molar-refractivity contribution is -0.143. The Labute approximate surface area is 259 Å². The third kappa shape index (κ3) is 7.00. The quantitative estimate of drug-likeness (QED) is 0.259. The molecule has 3 aromatic rings. The Balaban J connectivity index is 1.42. The molecule has 3 N–H and O–H groups in total. The Bertz CT molecular complexity index is 1450. The topological polar surface area (TPSA) is 115 Å². The molecule has 9 nitrogen and oxygen atoms in total. The fourth-order valence-corrected chi connectivity index (χ4v) is 6.57. The SMILES string of the molecule is CCCCN(C(=O)CN1C[C@H](c2ccc3c(c2)OCO3)[C@@H](C(=O)O)[C@@H]1CCCc1ccccc1OC)c1cccc(CN)c1. The fourth-order valence-electron chi connectivity index (χ4n) is 6.57. The maximum absolute atomic E-state index is 14.1. The molecule has 2 aliphatic heterocycles. The molecular formula is C35H43N3O6. The van der Waals surface area contributed by atoms with E-state index >= 15 is 0 Å². The molecule has 2 heterocycles. The second-order valence-electron chi connectivity index (χ2n) is 11.6. The average molecular weight is 602 g/mol. The van der Waals surface area contributed by atoms with Gasteiger partial charge in [-0.05, 0) is 72.7 Å². The van der Waals surface area contributed by atoms with Crippen molar-refractivity contribution < 1.29 is 28.9 Å². The third-order valence-corrected chi connectivity index (χ3v) is 8.83. The molecule has 1 amide bonds. The number of amides is 1. The van der Waals surface area contributed by atoms with Crippen molar-refractivity contribution in [1.82, 2.24) is 4.90 Å². The highest BCUT2D eigenvalue weighted by Crippen LogP contribution is 2.43. The van der Waals surface area contributed by atoms with E-state index in [1.165, 1.54) is 0 Å². The van der Waals surface area contributed by atoms with E-state index < -0.39 is 11.9 Å². The van der Waals surface area contributed by atoms with Gasteiger partial charge in [-0.2, -0.15) is 0 Å². The summed E-state index contributed by atoms with van der Waals surface area (Å²) in [4.78, 5) is 30.9. The van der Waals surface area contributed by atoms with Gasteiger partial charge in [0.2, 0.25) is 12.7 Å². The average Bonchev–Trinajstić information content (AvgIpc) is 3.66. The first kappa shape index (κ1) is 31.3. The van der Waals surface area contributed by atoms with E-state index in [2.05, 4.69) is 11.8 Å². The number of benzene rings is 3. The first-order valence-corrected chi connectivity index (χ1v) is 15.5. The number of nitrogens with zero attached hydrogens (tertiary/aromatic N) is 2. The van der Waals surface area contributed by atoms with Crippen LogP contribution < -0.4 is 24.8 Å². The summed E-state index contributed by atoms with van der Waals surface area (Å²) in [5.74, 6) is 0.206. The number of ether oxygens (including phenoxy) is 3. The van der Waals surface area contributed by atoms with Gasteiger partial charge in [0.05, 0.1) is 19.6 Å². The molecule has 0 aliphatic carbocycles. The lowest BCUT2D eigenvalue weighted by Gasteiger charge is -2.30. The number of aryl methyl sites for hydroxylation is 1. The van der Waals surface area contributed by atoms with Crippen LogP contribution in [-0.2, 0) is 22.6 Å². The number of hydrogen-bond acceptors (Lipinski definition) is 7. The summed E-state index contributed by atoms with van der Waals surface area (Å²) >= 11 is 0. The molecule has 44 heavy (non-hydrogen) atoms. The van der Waals surface area contributed by atoms with Gasteiger partial charge in [-0.3, -0.25) is 14.5 Å². The number of anilines is 1. The highest BCUT2D eigenvalue weighted by atomic mass is 16.7. The molecule has 0 spiro atoms. The van der Waals surface area contributed by atoms with Crippen LogP contribution in [-0.4, -0.2) is 61.5 Å². The van der Waals surface area contributed by atoms with Crippen molar-refractivity contribution in [3.05, 3.63) is 83.4 Å². The number of likely N-dealkylation sites (tertiary alicyclic amines) is 1. The van der Waals surface area contributed by atoms with Crippen molar-refractivity contribution in [2.24, 2.45) is 11.7 Å². The van der Waals surface area contributed by atoms with Crippen LogP contribution >= 0.6 is 0 Å². The molecule has 3 aromatic carbocycles. The third-order valence-electron chi connectivity index (χ3n) is 8.83. The maximum Gasteiger partial charge on any atom is 0.308 e. The Hall–Kier alpha value is -4.08. The van der Waals surface area contributed by atoms with Crippen LogP contribution in [0.4, 0.5) is 5.69 Å². The van der Waals surface area contributed by atoms with E-state index in [-0.39, 0.29) is 31.2 Å². The number of nitrogens with two attached hydrogens (primary N) is 1. The number of aliphatic carboxylic acids is 1. The molecule has 1 saturated heterocycles. The van der Waals surface area contributed by atoms with Crippen LogP contribution in [0.15, 0.2) is 66.7 Å². The van der Waals surface area contributed by atoms with Crippen LogP contribution in [0.3, 0.4) is 0 Å². The summed E-state index contributed by atoms with van der Waals surface area (Å²) in [6.45, 7) is 3.81. The van der Waals surface area contributed by atoms with Crippen LogP contribution in [0.5, 0.6) is 17.2 Å². The lowest BCUT2D eigenvalue weighted by atomic mass is 9.83. The molecule has 0 saturated carbocycles. The number of carboxylic acids is 1. The van der Waals surface area contributed by atoms with Gasteiger partial charge in [0.25, 0.3) is 0 Å². The summed E-state index contributed by atoms with van der Waals surface area (Å²) in [5, 5.41) is 10.6. The lowest BCUT2D eigenvalue weighted by Crippen LogP contribution is -2.44. The van der Waals surface area contributed by atoms with Gasteiger partial charge < -0.3 is 30.0 Å². The molecule has 9 heteroatoms. The summed E-state index contributed by atoms with van der Waals surface area (Å²) in [5.41, 5.74) is 9.65. The smallest absolute Gasteiger partial charge is 0.308 e.